The molecule has 0 amide bonds. The number of aromatic hydroxyl groups is 1. The Bertz CT molecular complexity index is 291. The van der Waals surface area contributed by atoms with Gasteiger partial charge in [0.1, 0.15) is 5.75 Å². The van der Waals surface area contributed by atoms with E-state index >= 15 is 0 Å². The quantitative estimate of drug-likeness (QED) is 0.644. The molecule has 0 fully saturated rings. The molecule has 0 aliphatic carbocycles. The van der Waals surface area contributed by atoms with Crippen molar-refractivity contribution in [2.45, 2.75) is 13.1 Å². The Kier molecular flexibility index (Phi) is 2.00. The summed E-state index contributed by atoms with van der Waals surface area (Å²) in [6.45, 7) is 1.31. The average molecular weight is 176 g/mol. The highest BCUT2D eigenvalue weighted by Gasteiger charge is 2.31. The third-order valence-corrected chi connectivity index (χ3v) is 1.52. The lowest BCUT2D eigenvalue weighted by Gasteiger charge is -2.09. The molecule has 0 saturated heterocycles. The average Bonchev–Trinajstić information content (AvgIpc) is 1.83. The van der Waals surface area contributed by atoms with E-state index in [2.05, 4.69) is 0 Å². The zero-order valence-corrected chi connectivity index (χ0v) is 6.31. The summed E-state index contributed by atoms with van der Waals surface area (Å²) in [5, 5.41) is 8.84. The minimum Gasteiger partial charge on any atom is -0.508 e. The molecule has 0 radical (unpaired) electrons. The van der Waals surface area contributed by atoms with Gasteiger partial charge in [0.15, 0.2) is 0 Å². The van der Waals surface area contributed by atoms with Crippen LogP contribution < -0.4 is 0 Å². The van der Waals surface area contributed by atoms with E-state index in [1.165, 1.54) is 6.92 Å². The van der Waals surface area contributed by atoms with Crippen molar-refractivity contribution in [3.63, 3.8) is 0 Å². The fraction of sp³-hybridized carbons (Fsp3) is 0.250. The predicted molar refractivity (Wildman–Crippen MR) is 37.8 cm³/mol. The molecule has 0 aliphatic rings. The van der Waals surface area contributed by atoms with Crippen LogP contribution in [0.1, 0.15) is 11.1 Å². The molecule has 0 aromatic heterocycles. The molecule has 0 spiro atoms. The lowest BCUT2D eigenvalue weighted by atomic mass is 10.1. The molecule has 12 heavy (non-hydrogen) atoms. The first-order valence-corrected chi connectivity index (χ1v) is 3.28. The van der Waals surface area contributed by atoms with Crippen LogP contribution in [0.3, 0.4) is 0 Å². The van der Waals surface area contributed by atoms with Crippen molar-refractivity contribution in [2.24, 2.45) is 0 Å². The number of hydrogen-bond acceptors (Lipinski definition) is 1. The van der Waals surface area contributed by atoms with Gasteiger partial charge in [-0.25, -0.2) is 0 Å². The smallest absolute Gasteiger partial charge is 0.416 e. The number of hydrogen-bond donors (Lipinski definition) is 1. The third-order valence-electron chi connectivity index (χ3n) is 1.52. The fourth-order valence-corrected chi connectivity index (χ4v) is 0.966. The zero-order chi connectivity index (χ0) is 9.35. The van der Waals surface area contributed by atoms with Crippen molar-refractivity contribution >= 4 is 0 Å². The van der Waals surface area contributed by atoms with Crippen molar-refractivity contribution in [1.29, 1.82) is 0 Å². The summed E-state index contributed by atoms with van der Waals surface area (Å²) < 4.78 is 36.3. The first kappa shape index (κ1) is 8.90. The number of rotatable bonds is 0. The van der Waals surface area contributed by atoms with Gasteiger partial charge < -0.3 is 5.11 Å². The summed E-state index contributed by atoms with van der Waals surface area (Å²) >= 11 is 0. The Morgan fingerprint density at radius 1 is 1.25 bits per heavy atom. The standard InChI is InChI=1S/C8H7F3O/c1-5-4-6(12)2-3-7(5)8(9,10)11/h2-4,12H,1H3. The van der Waals surface area contributed by atoms with E-state index in [0.717, 1.165) is 18.2 Å². The van der Waals surface area contributed by atoms with Crippen molar-refractivity contribution in [2.75, 3.05) is 0 Å². The van der Waals surface area contributed by atoms with Gasteiger partial charge in [-0.3, -0.25) is 0 Å². The van der Waals surface area contributed by atoms with Gasteiger partial charge in [-0.05, 0) is 30.7 Å². The van der Waals surface area contributed by atoms with Crippen molar-refractivity contribution < 1.29 is 18.3 Å². The second-order valence-electron chi connectivity index (χ2n) is 2.50. The lowest BCUT2D eigenvalue weighted by Crippen LogP contribution is -2.06. The maximum Gasteiger partial charge on any atom is 0.416 e. The zero-order valence-electron chi connectivity index (χ0n) is 6.31. The van der Waals surface area contributed by atoms with Crippen LogP contribution in [0.15, 0.2) is 18.2 Å². The highest BCUT2D eigenvalue weighted by Crippen LogP contribution is 2.32. The van der Waals surface area contributed by atoms with E-state index < -0.39 is 11.7 Å². The second kappa shape index (κ2) is 2.69. The van der Waals surface area contributed by atoms with E-state index in [4.69, 9.17) is 5.11 Å². The van der Waals surface area contributed by atoms with Crippen LogP contribution in [-0.2, 0) is 6.18 Å². The Morgan fingerprint density at radius 3 is 2.25 bits per heavy atom. The molecule has 66 valence electrons. The molecule has 1 aromatic rings. The molecule has 1 N–H and O–H groups in total. The van der Waals surface area contributed by atoms with Gasteiger partial charge in [-0.1, -0.05) is 0 Å². The fourth-order valence-electron chi connectivity index (χ4n) is 0.966. The topological polar surface area (TPSA) is 20.2 Å². The molecular weight excluding hydrogens is 169 g/mol. The highest BCUT2D eigenvalue weighted by molar-refractivity contribution is 5.35. The molecule has 0 saturated carbocycles. The van der Waals surface area contributed by atoms with Crippen LogP contribution in [0.25, 0.3) is 0 Å². The molecule has 1 nitrogen and oxygen atoms in total. The van der Waals surface area contributed by atoms with Crippen LogP contribution >= 0.6 is 0 Å². The summed E-state index contributed by atoms with van der Waals surface area (Å²) in [6.07, 6.45) is -4.34. The highest BCUT2D eigenvalue weighted by atomic mass is 19.4. The first-order chi connectivity index (χ1) is 5.41. The van der Waals surface area contributed by atoms with E-state index in [0.29, 0.717) is 0 Å². The van der Waals surface area contributed by atoms with Crippen LogP contribution in [0.2, 0.25) is 0 Å². The minimum atomic E-state index is -4.34. The molecule has 0 aliphatic heterocycles. The molecule has 4 heteroatoms. The Balaban J connectivity index is 3.19. The second-order valence-corrected chi connectivity index (χ2v) is 2.50. The van der Waals surface area contributed by atoms with E-state index in [-0.39, 0.29) is 11.3 Å². The number of halogens is 3. The molecular formula is C8H7F3O. The number of phenolic OH excluding ortho intramolecular Hbond substituents is 1. The van der Waals surface area contributed by atoms with Gasteiger partial charge in [0.25, 0.3) is 0 Å². The Labute approximate surface area is 67.5 Å². The number of phenols is 1. The SMILES string of the molecule is Cc1cc(O)ccc1C(F)(F)F. The Morgan fingerprint density at radius 2 is 1.83 bits per heavy atom. The molecule has 0 unspecified atom stereocenters. The van der Waals surface area contributed by atoms with E-state index in [9.17, 15) is 13.2 Å². The first-order valence-electron chi connectivity index (χ1n) is 3.28. The van der Waals surface area contributed by atoms with Gasteiger partial charge in [0, 0.05) is 0 Å². The van der Waals surface area contributed by atoms with Crippen LogP contribution in [0.5, 0.6) is 5.75 Å². The summed E-state index contributed by atoms with van der Waals surface area (Å²) in [7, 11) is 0. The largest absolute Gasteiger partial charge is 0.508 e. The molecule has 1 aromatic carbocycles. The number of aryl methyl sites for hydroxylation is 1. The summed E-state index contributed by atoms with van der Waals surface area (Å²) in [5.74, 6) is -0.152. The number of alkyl halides is 3. The van der Waals surface area contributed by atoms with Crippen molar-refractivity contribution in [3.8, 4) is 5.75 Å². The predicted octanol–water partition coefficient (Wildman–Crippen LogP) is 2.72. The van der Waals surface area contributed by atoms with Crippen LogP contribution in [-0.4, -0.2) is 5.11 Å². The molecule has 1 rings (SSSR count). The van der Waals surface area contributed by atoms with Gasteiger partial charge in [0.05, 0.1) is 5.56 Å². The molecule has 0 heterocycles. The van der Waals surface area contributed by atoms with Crippen molar-refractivity contribution in [3.05, 3.63) is 29.3 Å². The van der Waals surface area contributed by atoms with Crippen LogP contribution in [0.4, 0.5) is 13.2 Å². The molecule has 0 bridgehead atoms. The summed E-state index contributed by atoms with van der Waals surface area (Å²) in [5.41, 5.74) is -0.678. The lowest BCUT2D eigenvalue weighted by molar-refractivity contribution is -0.138. The van der Waals surface area contributed by atoms with E-state index in [1.807, 2.05) is 0 Å². The maximum absolute atomic E-state index is 12.1. The maximum atomic E-state index is 12.1. The summed E-state index contributed by atoms with van der Waals surface area (Å²) in [6, 6.07) is 2.98. The van der Waals surface area contributed by atoms with E-state index in [1.54, 1.807) is 0 Å². The van der Waals surface area contributed by atoms with Gasteiger partial charge in [0.2, 0.25) is 0 Å². The molecule has 0 atom stereocenters. The van der Waals surface area contributed by atoms with Gasteiger partial charge in [-0.2, -0.15) is 13.2 Å². The summed E-state index contributed by atoms with van der Waals surface area (Å²) in [4.78, 5) is 0. The van der Waals surface area contributed by atoms with Crippen LogP contribution in [0, 0.1) is 6.92 Å². The van der Waals surface area contributed by atoms with Crippen molar-refractivity contribution in [1.82, 2.24) is 0 Å². The number of benzene rings is 1. The third kappa shape index (κ3) is 1.69. The monoisotopic (exact) mass is 176 g/mol. The Hall–Kier alpha value is -1.19. The normalized spacial score (nSPS) is 11.7. The minimum absolute atomic E-state index is 0.0301. The van der Waals surface area contributed by atoms with Gasteiger partial charge >= 0.3 is 6.18 Å². The van der Waals surface area contributed by atoms with Gasteiger partial charge in [-0.15, -0.1) is 0 Å².